The summed E-state index contributed by atoms with van der Waals surface area (Å²) in [5, 5.41) is 6.89. The molecule has 1 saturated heterocycles. The summed E-state index contributed by atoms with van der Waals surface area (Å²) in [6, 6.07) is 6.34. The van der Waals surface area contributed by atoms with Gasteiger partial charge >= 0.3 is 0 Å². The van der Waals surface area contributed by atoms with Crippen LogP contribution in [0.4, 0.5) is 5.69 Å². The molecule has 1 atom stereocenters. The predicted molar refractivity (Wildman–Crippen MR) is 73.5 cm³/mol. The van der Waals surface area contributed by atoms with Crippen molar-refractivity contribution in [2.45, 2.75) is 5.92 Å². The molecule has 0 saturated carbocycles. The van der Waals surface area contributed by atoms with Crippen molar-refractivity contribution in [2.24, 2.45) is 0 Å². The molecule has 0 radical (unpaired) electrons. The molecule has 4 heteroatoms. The molecule has 0 bridgehead atoms. The number of hydrogen-bond acceptors (Lipinski definition) is 4. The Labute approximate surface area is 108 Å². The molecular formula is C14H21N3O. The maximum atomic E-state index is 5.33. The SMILES string of the molecule is COc1ccc2c(c1)C(CN1CCNCC1)CN2. The molecule has 2 aliphatic heterocycles. The fourth-order valence-electron chi connectivity index (χ4n) is 2.88. The third-order valence-electron chi connectivity index (χ3n) is 3.93. The van der Waals surface area contributed by atoms with Crippen molar-refractivity contribution >= 4 is 5.69 Å². The molecule has 1 aromatic rings. The number of methoxy groups -OCH3 is 1. The van der Waals surface area contributed by atoms with Gasteiger partial charge < -0.3 is 20.3 Å². The molecule has 3 rings (SSSR count). The quantitative estimate of drug-likeness (QED) is 0.839. The van der Waals surface area contributed by atoms with Crippen LogP contribution >= 0.6 is 0 Å². The first-order valence-electron chi connectivity index (χ1n) is 6.71. The highest BCUT2D eigenvalue weighted by Crippen LogP contribution is 2.34. The lowest BCUT2D eigenvalue weighted by Crippen LogP contribution is -2.45. The van der Waals surface area contributed by atoms with Gasteiger partial charge in [0.05, 0.1) is 7.11 Å². The van der Waals surface area contributed by atoms with E-state index in [0.29, 0.717) is 5.92 Å². The van der Waals surface area contributed by atoms with Gasteiger partial charge in [-0.05, 0) is 23.8 Å². The first-order chi connectivity index (χ1) is 8.86. The summed E-state index contributed by atoms with van der Waals surface area (Å²) in [5.41, 5.74) is 2.68. The number of nitrogens with one attached hydrogen (secondary N) is 2. The zero-order valence-electron chi connectivity index (χ0n) is 10.9. The summed E-state index contributed by atoms with van der Waals surface area (Å²) >= 11 is 0. The Balaban J connectivity index is 1.72. The minimum atomic E-state index is 0.591. The van der Waals surface area contributed by atoms with E-state index < -0.39 is 0 Å². The molecule has 1 aromatic carbocycles. The van der Waals surface area contributed by atoms with Crippen LogP contribution in [0.1, 0.15) is 11.5 Å². The van der Waals surface area contributed by atoms with Gasteiger partial charge in [-0.1, -0.05) is 0 Å². The number of benzene rings is 1. The van der Waals surface area contributed by atoms with Crippen LogP contribution in [0.25, 0.3) is 0 Å². The van der Waals surface area contributed by atoms with E-state index in [1.54, 1.807) is 7.11 Å². The number of rotatable bonds is 3. The van der Waals surface area contributed by atoms with E-state index in [1.165, 1.54) is 11.3 Å². The molecule has 2 aliphatic rings. The van der Waals surface area contributed by atoms with Gasteiger partial charge in [0.2, 0.25) is 0 Å². The largest absolute Gasteiger partial charge is 0.497 e. The second-order valence-corrected chi connectivity index (χ2v) is 5.08. The number of piperazine rings is 1. The van der Waals surface area contributed by atoms with Gasteiger partial charge in [-0.25, -0.2) is 0 Å². The Hall–Kier alpha value is -1.26. The fraction of sp³-hybridized carbons (Fsp3) is 0.571. The molecule has 1 fully saturated rings. The molecule has 98 valence electrons. The third-order valence-corrected chi connectivity index (χ3v) is 3.93. The van der Waals surface area contributed by atoms with E-state index >= 15 is 0 Å². The molecule has 0 amide bonds. The highest BCUT2D eigenvalue weighted by Gasteiger charge is 2.25. The molecule has 2 heterocycles. The van der Waals surface area contributed by atoms with Gasteiger partial charge in [0.25, 0.3) is 0 Å². The van der Waals surface area contributed by atoms with Gasteiger partial charge in [-0.15, -0.1) is 0 Å². The normalized spacial score (nSPS) is 23.5. The summed E-state index contributed by atoms with van der Waals surface area (Å²) in [5.74, 6) is 1.55. The Morgan fingerprint density at radius 2 is 2.17 bits per heavy atom. The summed E-state index contributed by atoms with van der Waals surface area (Å²) in [6.45, 7) is 6.75. The Morgan fingerprint density at radius 3 is 2.94 bits per heavy atom. The molecule has 0 aromatic heterocycles. The molecular weight excluding hydrogens is 226 g/mol. The minimum Gasteiger partial charge on any atom is -0.497 e. The Bertz CT molecular complexity index is 416. The Kier molecular flexibility index (Phi) is 3.39. The second kappa shape index (κ2) is 5.16. The van der Waals surface area contributed by atoms with Crippen LogP contribution in [0.2, 0.25) is 0 Å². The molecule has 18 heavy (non-hydrogen) atoms. The average Bonchev–Trinajstić information content (AvgIpc) is 2.82. The number of ether oxygens (including phenoxy) is 1. The lowest BCUT2D eigenvalue weighted by molar-refractivity contribution is 0.230. The lowest BCUT2D eigenvalue weighted by Gasteiger charge is -2.29. The van der Waals surface area contributed by atoms with Crippen molar-refractivity contribution in [3.05, 3.63) is 23.8 Å². The van der Waals surface area contributed by atoms with E-state index in [4.69, 9.17) is 4.74 Å². The third kappa shape index (κ3) is 2.31. The zero-order chi connectivity index (χ0) is 12.4. The van der Waals surface area contributed by atoms with Crippen LogP contribution in [-0.2, 0) is 0 Å². The summed E-state index contributed by atoms with van der Waals surface area (Å²) in [6.07, 6.45) is 0. The smallest absolute Gasteiger partial charge is 0.119 e. The van der Waals surface area contributed by atoms with Gasteiger partial charge in [-0.3, -0.25) is 0 Å². The molecule has 4 nitrogen and oxygen atoms in total. The average molecular weight is 247 g/mol. The van der Waals surface area contributed by atoms with Gasteiger partial charge in [0.15, 0.2) is 0 Å². The highest BCUT2D eigenvalue weighted by molar-refractivity contribution is 5.60. The van der Waals surface area contributed by atoms with Crippen molar-refractivity contribution in [3.63, 3.8) is 0 Å². The number of anilines is 1. The van der Waals surface area contributed by atoms with Gasteiger partial charge in [0.1, 0.15) is 5.75 Å². The van der Waals surface area contributed by atoms with Crippen LogP contribution in [0, 0.1) is 0 Å². The maximum absolute atomic E-state index is 5.33. The second-order valence-electron chi connectivity index (χ2n) is 5.08. The zero-order valence-corrected chi connectivity index (χ0v) is 10.9. The van der Waals surface area contributed by atoms with E-state index in [2.05, 4.69) is 27.7 Å². The van der Waals surface area contributed by atoms with Crippen LogP contribution in [-0.4, -0.2) is 51.3 Å². The van der Waals surface area contributed by atoms with Gasteiger partial charge in [0, 0.05) is 50.9 Å². The molecule has 2 N–H and O–H groups in total. The Morgan fingerprint density at radius 1 is 1.33 bits per heavy atom. The van der Waals surface area contributed by atoms with E-state index in [0.717, 1.165) is 45.0 Å². The maximum Gasteiger partial charge on any atom is 0.119 e. The van der Waals surface area contributed by atoms with Crippen molar-refractivity contribution < 1.29 is 4.74 Å². The fourth-order valence-corrected chi connectivity index (χ4v) is 2.88. The minimum absolute atomic E-state index is 0.591. The van der Waals surface area contributed by atoms with Crippen LogP contribution in [0.3, 0.4) is 0 Å². The molecule has 1 unspecified atom stereocenters. The summed E-state index contributed by atoms with van der Waals surface area (Å²) in [7, 11) is 1.73. The number of fused-ring (bicyclic) bond motifs is 1. The van der Waals surface area contributed by atoms with Gasteiger partial charge in [-0.2, -0.15) is 0 Å². The van der Waals surface area contributed by atoms with Crippen molar-refractivity contribution in [2.75, 3.05) is 51.7 Å². The van der Waals surface area contributed by atoms with Crippen LogP contribution in [0.5, 0.6) is 5.75 Å². The summed E-state index contributed by atoms with van der Waals surface area (Å²) < 4.78 is 5.33. The van der Waals surface area contributed by atoms with E-state index in [-0.39, 0.29) is 0 Å². The van der Waals surface area contributed by atoms with Crippen LogP contribution in [0.15, 0.2) is 18.2 Å². The first-order valence-corrected chi connectivity index (χ1v) is 6.71. The molecule has 0 spiro atoms. The lowest BCUT2D eigenvalue weighted by atomic mass is 10.00. The van der Waals surface area contributed by atoms with Crippen molar-refractivity contribution in [1.29, 1.82) is 0 Å². The van der Waals surface area contributed by atoms with Crippen molar-refractivity contribution in [3.8, 4) is 5.75 Å². The van der Waals surface area contributed by atoms with Crippen molar-refractivity contribution in [1.82, 2.24) is 10.2 Å². The monoisotopic (exact) mass is 247 g/mol. The first kappa shape index (κ1) is 11.8. The van der Waals surface area contributed by atoms with Crippen LogP contribution < -0.4 is 15.4 Å². The predicted octanol–water partition coefficient (Wildman–Crippen LogP) is 1.11. The summed E-state index contributed by atoms with van der Waals surface area (Å²) in [4.78, 5) is 2.55. The van der Waals surface area contributed by atoms with E-state index in [1.807, 2.05) is 6.07 Å². The number of nitrogens with zero attached hydrogens (tertiary/aromatic N) is 1. The number of hydrogen-bond donors (Lipinski definition) is 2. The molecule has 0 aliphatic carbocycles. The van der Waals surface area contributed by atoms with E-state index in [9.17, 15) is 0 Å². The highest BCUT2D eigenvalue weighted by atomic mass is 16.5. The standard InChI is InChI=1S/C14H21N3O/c1-18-12-2-3-14-13(8-12)11(9-16-14)10-17-6-4-15-5-7-17/h2-3,8,11,15-16H,4-7,9-10H2,1H3. The topological polar surface area (TPSA) is 36.5 Å².